The van der Waals surface area contributed by atoms with Crippen molar-refractivity contribution in [2.24, 2.45) is 5.92 Å². The number of amides is 1. The summed E-state index contributed by atoms with van der Waals surface area (Å²) in [5, 5.41) is 8.20. The second-order valence-corrected chi connectivity index (χ2v) is 8.70. The lowest BCUT2D eigenvalue weighted by Crippen LogP contribution is -2.35. The van der Waals surface area contributed by atoms with Crippen LogP contribution in [0.15, 0.2) is 29.2 Å². The largest absolute Gasteiger partial charge is 0.378 e. The third-order valence-corrected chi connectivity index (χ3v) is 6.66. The molecule has 1 aliphatic carbocycles. The van der Waals surface area contributed by atoms with Crippen molar-refractivity contribution in [2.45, 2.75) is 45.1 Å². The van der Waals surface area contributed by atoms with Gasteiger partial charge in [0.25, 0.3) is 5.56 Å². The minimum Gasteiger partial charge on any atom is -0.378 e. The van der Waals surface area contributed by atoms with E-state index >= 15 is 0 Å². The molecule has 8 heteroatoms. The molecule has 2 heterocycles. The molecule has 0 radical (unpaired) electrons. The first-order chi connectivity index (χ1) is 13.9. The Morgan fingerprint density at radius 1 is 1.21 bits per heavy atom. The van der Waals surface area contributed by atoms with E-state index in [1.54, 1.807) is 18.3 Å². The molecule has 1 aliphatic heterocycles. The average molecular weight is 435 g/mol. The maximum absolute atomic E-state index is 12.7. The van der Waals surface area contributed by atoms with Gasteiger partial charge in [-0.05, 0) is 43.9 Å². The second-order valence-electron chi connectivity index (χ2n) is 7.92. The van der Waals surface area contributed by atoms with E-state index in [1.807, 2.05) is 17.9 Å². The van der Waals surface area contributed by atoms with E-state index in [0.29, 0.717) is 22.9 Å². The summed E-state index contributed by atoms with van der Waals surface area (Å²) in [6.07, 6.45) is 6.69. The average Bonchev–Trinajstić information content (AvgIpc) is 3.40. The van der Waals surface area contributed by atoms with Gasteiger partial charge in [0, 0.05) is 30.1 Å². The molecule has 4 rings (SSSR count). The van der Waals surface area contributed by atoms with Crippen LogP contribution < -0.4 is 10.9 Å². The molecule has 0 spiro atoms. The Labute approximate surface area is 179 Å². The SMILES string of the molecule is Cc1ccc(-n2ncc(NC3CCN(C(=O)C4CCCC4)C3)c(Cl)c2=O)cc1Cl. The summed E-state index contributed by atoms with van der Waals surface area (Å²) < 4.78 is 1.24. The minimum atomic E-state index is -0.409. The molecular formula is C21H24Cl2N4O2. The molecular weight excluding hydrogens is 411 g/mol. The van der Waals surface area contributed by atoms with Crippen molar-refractivity contribution < 1.29 is 4.79 Å². The van der Waals surface area contributed by atoms with E-state index in [9.17, 15) is 9.59 Å². The van der Waals surface area contributed by atoms with E-state index in [4.69, 9.17) is 23.2 Å². The third kappa shape index (κ3) is 4.14. The maximum Gasteiger partial charge on any atom is 0.292 e. The van der Waals surface area contributed by atoms with Crippen molar-refractivity contribution in [3.63, 3.8) is 0 Å². The Kier molecular flexibility index (Phi) is 5.83. The van der Waals surface area contributed by atoms with Crippen LogP contribution in [0.3, 0.4) is 0 Å². The molecule has 2 aliphatic rings. The molecule has 1 aromatic carbocycles. The standard InChI is InChI=1S/C21H24Cl2N4O2/c1-13-6-7-16(10-17(13)22)27-21(29)19(23)18(11-24-27)25-15-8-9-26(12-15)20(28)14-4-2-3-5-14/h6-7,10-11,14-15,25H,2-5,8-9,12H2,1H3. The predicted molar refractivity (Wildman–Crippen MR) is 115 cm³/mol. The van der Waals surface area contributed by atoms with Crippen LogP contribution in [0.2, 0.25) is 10.0 Å². The number of likely N-dealkylation sites (tertiary alicyclic amines) is 1. The first kappa shape index (κ1) is 20.2. The highest BCUT2D eigenvalue weighted by Gasteiger charge is 2.32. The molecule has 1 amide bonds. The van der Waals surface area contributed by atoms with Gasteiger partial charge in [-0.1, -0.05) is 42.1 Å². The van der Waals surface area contributed by atoms with Crippen molar-refractivity contribution in [3.8, 4) is 5.69 Å². The number of anilines is 1. The van der Waals surface area contributed by atoms with E-state index in [-0.39, 0.29) is 22.9 Å². The van der Waals surface area contributed by atoms with Gasteiger partial charge >= 0.3 is 0 Å². The highest BCUT2D eigenvalue weighted by atomic mass is 35.5. The van der Waals surface area contributed by atoms with Crippen LogP contribution in [-0.2, 0) is 4.79 Å². The van der Waals surface area contributed by atoms with Gasteiger partial charge in [0.15, 0.2) is 0 Å². The summed E-state index contributed by atoms with van der Waals surface area (Å²) in [7, 11) is 0. The van der Waals surface area contributed by atoms with Gasteiger partial charge in [-0.15, -0.1) is 0 Å². The molecule has 0 bridgehead atoms. The Balaban J connectivity index is 1.47. The number of hydrogen-bond donors (Lipinski definition) is 1. The zero-order chi connectivity index (χ0) is 20.5. The third-order valence-electron chi connectivity index (χ3n) is 5.88. The number of rotatable bonds is 4. The lowest BCUT2D eigenvalue weighted by Gasteiger charge is -2.21. The smallest absolute Gasteiger partial charge is 0.292 e. The lowest BCUT2D eigenvalue weighted by molar-refractivity contribution is -0.134. The minimum absolute atomic E-state index is 0.0590. The molecule has 1 atom stereocenters. The Bertz CT molecular complexity index is 985. The zero-order valence-corrected chi connectivity index (χ0v) is 17.8. The molecule has 1 saturated carbocycles. The van der Waals surface area contributed by atoms with Crippen LogP contribution in [0.1, 0.15) is 37.7 Å². The number of nitrogens with one attached hydrogen (secondary N) is 1. The van der Waals surface area contributed by atoms with Crippen LogP contribution in [0.4, 0.5) is 5.69 Å². The summed E-state index contributed by atoms with van der Waals surface area (Å²) in [6.45, 7) is 3.25. The Hall–Kier alpha value is -2.05. The van der Waals surface area contributed by atoms with Gasteiger partial charge in [0.2, 0.25) is 5.91 Å². The number of hydrogen-bond acceptors (Lipinski definition) is 4. The van der Waals surface area contributed by atoms with Crippen LogP contribution in [-0.4, -0.2) is 39.7 Å². The van der Waals surface area contributed by atoms with Crippen LogP contribution >= 0.6 is 23.2 Å². The van der Waals surface area contributed by atoms with Crippen molar-refractivity contribution in [1.82, 2.24) is 14.7 Å². The van der Waals surface area contributed by atoms with Crippen LogP contribution in [0.25, 0.3) is 5.69 Å². The zero-order valence-electron chi connectivity index (χ0n) is 16.3. The quantitative estimate of drug-likeness (QED) is 0.787. The first-order valence-corrected chi connectivity index (χ1v) is 10.8. The van der Waals surface area contributed by atoms with E-state index < -0.39 is 5.56 Å². The van der Waals surface area contributed by atoms with Crippen LogP contribution in [0, 0.1) is 12.8 Å². The summed E-state index contributed by atoms with van der Waals surface area (Å²) in [5.74, 6) is 0.451. The van der Waals surface area contributed by atoms with Crippen molar-refractivity contribution in [3.05, 3.63) is 50.4 Å². The predicted octanol–water partition coefficient (Wildman–Crippen LogP) is 4.05. The fourth-order valence-corrected chi connectivity index (χ4v) is 4.52. The van der Waals surface area contributed by atoms with Gasteiger partial charge in [0.1, 0.15) is 5.02 Å². The van der Waals surface area contributed by atoms with E-state index in [2.05, 4.69) is 10.4 Å². The number of halogens is 2. The lowest BCUT2D eigenvalue weighted by atomic mass is 10.1. The molecule has 154 valence electrons. The number of carbonyl (C=O) groups excluding carboxylic acids is 1. The summed E-state index contributed by atoms with van der Waals surface area (Å²) >= 11 is 12.5. The van der Waals surface area contributed by atoms with Crippen molar-refractivity contribution in [2.75, 3.05) is 18.4 Å². The van der Waals surface area contributed by atoms with Gasteiger partial charge in [-0.2, -0.15) is 9.78 Å². The number of aryl methyl sites for hydroxylation is 1. The molecule has 29 heavy (non-hydrogen) atoms. The van der Waals surface area contributed by atoms with Crippen molar-refractivity contribution in [1.29, 1.82) is 0 Å². The summed E-state index contributed by atoms with van der Waals surface area (Å²) in [5.41, 5.74) is 1.57. The fraction of sp³-hybridized carbons (Fsp3) is 0.476. The Morgan fingerprint density at radius 2 is 1.97 bits per heavy atom. The normalized spacial score (nSPS) is 19.7. The molecule has 1 N–H and O–H groups in total. The number of nitrogens with zero attached hydrogens (tertiary/aromatic N) is 3. The highest BCUT2D eigenvalue weighted by Crippen LogP contribution is 2.29. The molecule has 1 saturated heterocycles. The van der Waals surface area contributed by atoms with E-state index in [1.165, 1.54) is 4.68 Å². The molecule has 1 aromatic heterocycles. The number of aromatic nitrogens is 2. The summed E-state index contributed by atoms with van der Waals surface area (Å²) in [4.78, 5) is 27.3. The molecule has 2 aromatic rings. The van der Waals surface area contributed by atoms with Gasteiger partial charge < -0.3 is 10.2 Å². The van der Waals surface area contributed by atoms with E-state index in [0.717, 1.165) is 44.2 Å². The number of carbonyl (C=O) groups is 1. The monoisotopic (exact) mass is 434 g/mol. The maximum atomic E-state index is 12.7. The highest BCUT2D eigenvalue weighted by molar-refractivity contribution is 6.33. The first-order valence-electron chi connectivity index (χ1n) is 10.0. The van der Waals surface area contributed by atoms with Crippen molar-refractivity contribution >= 4 is 34.8 Å². The summed E-state index contributed by atoms with van der Waals surface area (Å²) in [6, 6.07) is 5.37. The number of benzene rings is 1. The topological polar surface area (TPSA) is 67.2 Å². The van der Waals surface area contributed by atoms with Gasteiger partial charge in [-0.3, -0.25) is 9.59 Å². The fourth-order valence-electron chi connectivity index (χ4n) is 4.16. The second kappa shape index (κ2) is 8.36. The van der Waals surface area contributed by atoms with Gasteiger partial charge in [0.05, 0.1) is 17.6 Å². The van der Waals surface area contributed by atoms with Gasteiger partial charge in [-0.25, -0.2) is 0 Å². The Morgan fingerprint density at radius 3 is 2.69 bits per heavy atom. The van der Waals surface area contributed by atoms with Crippen LogP contribution in [0.5, 0.6) is 0 Å². The molecule has 2 fully saturated rings. The molecule has 1 unspecified atom stereocenters. The molecule has 6 nitrogen and oxygen atoms in total.